The molecule has 21 heavy (non-hydrogen) atoms. The second-order valence-electron chi connectivity index (χ2n) is 4.86. The van der Waals surface area contributed by atoms with E-state index in [4.69, 9.17) is 21.1 Å². The highest BCUT2D eigenvalue weighted by Crippen LogP contribution is 2.36. The number of halogens is 1. The van der Waals surface area contributed by atoms with Crippen LogP contribution in [-0.2, 0) is 6.54 Å². The Morgan fingerprint density at radius 3 is 2.57 bits per heavy atom. The first kappa shape index (κ1) is 18.1. The van der Waals surface area contributed by atoms with E-state index >= 15 is 0 Å². The number of hydrogen-bond acceptors (Lipinski definition) is 4. The Hall–Kier alpha value is -0.970. The van der Waals surface area contributed by atoms with E-state index in [0.717, 1.165) is 18.4 Å². The zero-order valence-electron chi connectivity index (χ0n) is 13.1. The molecule has 0 fully saturated rings. The lowest BCUT2D eigenvalue weighted by Crippen LogP contribution is -2.31. The van der Waals surface area contributed by atoms with Crippen molar-refractivity contribution in [3.05, 3.63) is 22.7 Å². The molecule has 0 unspecified atom stereocenters. The lowest BCUT2D eigenvalue weighted by molar-refractivity contribution is 0.238. The highest BCUT2D eigenvalue weighted by Gasteiger charge is 2.13. The van der Waals surface area contributed by atoms with Crippen LogP contribution in [0, 0.1) is 0 Å². The summed E-state index contributed by atoms with van der Waals surface area (Å²) in [5.41, 5.74) is 1.01. The normalized spacial score (nSPS) is 12.2. The summed E-state index contributed by atoms with van der Waals surface area (Å²) in [5, 5.41) is 13.1. The van der Waals surface area contributed by atoms with Gasteiger partial charge in [0.15, 0.2) is 11.5 Å². The van der Waals surface area contributed by atoms with Crippen LogP contribution in [0.1, 0.15) is 39.2 Å². The van der Waals surface area contributed by atoms with Gasteiger partial charge in [0.2, 0.25) is 0 Å². The molecule has 0 saturated carbocycles. The van der Waals surface area contributed by atoms with Crippen molar-refractivity contribution in [3.8, 4) is 11.5 Å². The van der Waals surface area contributed by atoms with Gasteiger partial charge in [-0.1, -0.05) is 25.4 Å². The van der Waals surface area contributed by atoms with Crippen LogP contribution in [0.3, 0.4) is 0 Å². The van der Waals surface area contributed by atoms with Gasteiger partial charge in [-0.3, -0.25) is 0 Å². The van der Waals surface area contributed by atoms with Crippen molar-refractivity contribution in [3.63, 3.8) is 0 Å². The first-order valence-electron chi connectivity index (χ1n) is 7.58. The molecule has 0 aromatic heterocycles. The maximum Gasteiger partial charge on any atom is 0.179 e. The standard InChI is InChI=1S/C16H26ClNO3/c1-4-7-21-16-14(17)8-12(9-15(16)20-6-3)10-18-13(5-2)11-19/h8-9,13,18-19H,4-7,10-11H2,1-3H3/t13-/m0/s1. The molecule has 4 nitrogen and oxygen atoms in total. The summed E-state index contributed by atoms with van der Waals surface area (Å²) in [7, 11) is 0. The second-order valence-corrected chi connectivity index (χ2v) is 5.26. The van der Waals surface area contributed by atoms with Crippen LogP contribution in [0.25, 0.3) is 0 Å². The monoisotopic (exact) mass is 315 g/mol. The maximum absolute atomic E-state index is 9.21. The third kappa shape index (κ3) is 5.73. The molecule has 1 rings (SSSR count). The summed E-state index contributed by atoms with van der Waals surface area (Å²) in [4.78, 5) is 0. The Morgan fingerprint density at radius 1 is 1.24 bits per heavy atom. The van der Waals surface area contributed by atoms with Crippen molar-refractivity contribution in [2.24, 2.45) is 0 Å². The molecule has 0 saturated heterocycles. The van der Waals surface area contributed by atoms with Gasteiger partial charge in [0.1, 0.15) is 0 Å². The van der Waals surface area contributed by atoms with E-state index in [2.05, 4.69) is 5.32 Å². The van der Waals surface area contributed by atoms with Crippen molar-refractivity contribution in [1.29, 1.82) is 0 Å². The SMILES string of the molecule is CCCOc1c(Cl)cc(CN[C@@H](CC)CO)cc1OCC. The topological polar surface area (TPSA) is 50.7 Å². The van der Waals surface area contributed by atoms with Gasteiger partial charge in [-0.05, 0) is 37.5 Å². The van der Waals surface area contributed by atoms with Crippen LogP contribution in [0.15, 0.2) is 12.1 Å². The van der Waals surface area contributed by atoms with Gasteiger partial charge in [0.05, 0.1) is 24.8 Å². The van der Waals surface area contributed by atoms with Crippen LogP contribution < -0.4 is 14.8 Å². The lowest BCUT2D eigenvalue weighted by atomic mass is 10.1. The van der Waals surface area contributed by atoms with Crippen molar-refractivity contribution in [1.82, 2.24) is 5.32 Å². The summed E-state index contributed by atoms with van der Waals surface area (Å²) < 4.78 is 11.3. The van der Waals surface area contributed by atoms with Crippen molar-refractivity contribution >= 4 is 11.6 Å². The highest BCUT2D eigenvalue weighted by atomic mass is 35.5. The molecule has 120 valence electrons. The third-order valence-electron chi connectivity index (χ3n) is 3.13. The Balaban J connectivity index is 2.86. The average molecular weight is 316 g/mol. The van der Waals surface area contributed by atoms with Gasteiger partial charge in [0, 0.05) is 12.6 Å². The summed E-state index contributed by atoms with van der Waals surface area (Å²) in [5.74, 6) is 1.28. The fourth-order valence-electron chi connectivity index (χ4n) is 1.93. The van der Waals surface area contributed by atoms with Crippen LogP contribution in [0.5, 0.6) is 11.5 Å². The molecule has 0 spiro atoms. The molecular formula is C16H26ClNO3. The van der Waals surface area contributed by atoms with E-state index in [-0.39, 0.29) is 12.6 Å². The van der Waals surface area contributed by atoms with Crippen molar-refractivity contribution in [2.45, 2.75) is 46.2 Å². The van der Waals surface area contributed by atoms with Crippen LogP contribution in [0.4, 0.5) is 0 Å². The Bertz CT molecular complexity index is 422. The number of nitrogens with one attached hydrogen (secondary N) is 1. The zero-order chi connectivity index (χ0) is 15.7. The molecule has 1 aromatic carbocycles. The maximum atomic E-state index is 9.21. The number of aliphatic hydroxyl groups excluding tert-OH is 1. The van der Waals surface area contributed by atoms with Crippen LogP contribution in [-0.4, -0.2) is 31.0 Å². The summed E-state index contributed by atoms with van der Waals surface area (Å²) in [6, 6.07) is 3.92. The van der Waals surface area contributed by atoms with Gasteiger partial charge in [0.25, 0.3) is 0 Å². The van der Waals surface area contributed by atoms with Crippen molar-refractivity contribution in [2.75, 3.05) is 19.8 Å². The fraction of sp³-hybridized carbons (Fsp3) is 0.625. The molecule has 0 amide bonds. The first-order valence-corrected chi connectivity index (χ1v) is 7.96. The average Bonchev–Trinajstić information content (AvgIpc) is 2.48. The number of hydrogen-bond donors (Lipinski definition) is 2. The van der Waals surface area contributed by atoms with Gasteiger partial charge >= 0.3 is 0 Å². The van der Waals surface area contributed by atoms with Gasteiger partial charge < -0.3 is 19.9 Å². The molecule has 2 N–H and O–H groups in total. The predicted molar refractivity (Wildman–Crippen MR) is 86.4 cm³/mol. The molecule has 0 radical (unpaired) electrons. The highest BCUT2D eigenvalue weighted by molar-refractivity contribution is 6.32. The fourth-order valence-corrected chi connectivity index (χ4v) is 2.22. The molecule has 0 aliphatic carbocycles. The van der Waals surface area contributed by atoms with Crippen LogP contribution in [0.2, 0.25) is 5.02 Å². The molecule has 5 heteroatoms. The smallest absolute Gasteiger partial charge is 0.179 e. The molecule has 1 aromatic rings. The van der Waals surface area contributed by atoms with Crippen LogP contribution >= 0.6 is 11.6 Å². The summed E-state index contributed by atoms with van der Waals surface area (Å²) >= 11 is 6.31. The molecular weight excluding hydrogens is 290 g/mol. The van der Waals surface area contributed by atoms with Gasteiger partial charge in [-0.15, -0.1) is 0 Å². The summed E-state index contributed by atoms with van der Waals surface area (Å²) in [6.45, 7) is 7.94. The van der Waals surface area contributed by atoms with E-state index in [9.17, 15) is 5.11 Å². The van der Waals surface area contributed by atoms with E-state index < -0.39 is 0 Å². The van der Waals surface area contributed by atoms with E-state index in [1.54, 1.807) is 0 Å². The van der Waals surface area contributed by atoms with Gasteiger partial charge in [-0.2, -0.15) is 0 Å². The van der Waals surface area contributed by atoms with E-state index in [1.165, 1.54) is 0 Å². The van der Waals surface area contributed by atoms with Crippen molar-refractivity contribution < 1.29 is 14.6 Å². The molecule has 0 aliphatic rings. The predicted octanol–water partition coefficient (Wildman–Crippen LogP) is 3.39. The largest absolute Gasteiger partial charge is 0.490 e. The summed E-state index contributed by atoms with van der Waals surface area (Å²) in [6.07, 6.45) is 1.79. The Kier molecular flexibility index (Phi) is 8.50. The second kappa shape index (κ2) is 9.87. The van der Waals surface area contributed by atoms with E-state index in [0.29, 0.717) is 36.3 Å². The quantitative estimate of drug-likeness (QED) is 0.695. The number of aliphatic hydroxyl groups is 1. The minimum Gasteiger partial charge on any atom is -0.490 e. The lowest BCUT2D eigenvalue weighted by Gasteiger charge is -2.17. The minimum atomic E-state index is 0.0929. The number of ether oxygens (including phenoxy) is 2. The molecule has 0 bridgehead atoms. The first-order chi connectivity index (χ1) is 10.2. The minimum absolute atomic E-state index is 0.0929. The zero-order valence-corrected chi connectivity index (χ0v) is 13.9. The Morgan fingerprint density at radius 2 is 2.00 bits per heavy atom. The number of rotatable bonds is 10. The third-order valence-corrected chi connectivity index (χ3v) is 3.41. The van der Waals surface area contributed by atoms with Gasteiger partial charge in [-0.25, -0.2) is 0 Å². The molecule has 1 atom stereocenters. The number of benzene rings is 1. The molecule has 0 aliphatic heterocycles. The Labute approximate surface area is 132 Å². The van der Waals surface area contributed by atoms with E-state index in [1.807, 2.05) is 32.9 Å². The molecule has 0 heterocycles.